The molecule has 4 heteroatoms. The fraction of sp³-hybridized carbons (Fsp3) is 0.250. The molecule has 0 aliphatic heterocycles. The number of rotatable bonds is 2. The van der Waals surface area contributed by atoms with Crippen molar-refractivity contribution < 1.29 is 4.74 Å². The SMILES string of the molecule is N#Cc1cc2c(nc1Oc1ccc(I)cc1)CCCC2. The third-order valence-corrected chi connectivity index (χ3v) is 4.13. The molecular formula is C16H13IN2O. The highest BCUT2D eigenvalue weighted by atomic mass is 127. The Kier molecular flexibility index (Phi) is 3.88. The third kappa shape index (κ3) is 2.78. The summed E-state index contributed by atoms with van der Waals surface area (Å²) in [6, 6.07) is 11.9. The molecule has 1 aliphatic carbocycles. The highest BCUT2D eigenvalue weighted by Gasteiger charge is 2.16. The first-order valence-electron chi connectivity index (χ1n) is 6.62. The smallest absolute Gasteiger partial charge is 0.237 e. The Morgan fingerprint density at radius 1 is 1.15 bits per heavy atom. The molecule has 3 nitrogen and oxygen atoms in total. The van der Waals surface area contributed by atoms with Crippen molar-refractivity contribution in [1.82, 2.24) is 4.98 Å². The first kappa shape index (κ1) is 13.4. The number of nitrogens with zero attached hydrogens (tertiary/aromatic N) is 2. The predicted molar refractivity (Wildman–Crippen MR) is 84.8 cm³/mol. The van der Waals surface area contributed by atoms with E-state index in [1.165, 1.54) is 12.0 Å². The van der Waals surface area contributed by atoms with Gasteiger partial charge in [-0.25, -0.2) is 4.98 Å². The van der Waals surface area contributed by atoms with Crippen LogP contribution < -0.4 is 4.74 Å². The standard InChI is InChI=1S/C16H13IN2O/c17-13-5-7-14(8-6-13)20-16-12(10-18)9-11-3-1-2-4-15(11)19-16/h5-9H,1-4H2. The second-order valence-electron chi connectivity index (χ2n) is 4.82. The first-order valence-corrected chi connectivity index (χ1v) is 7.70. The molecule has 20 heavy (non-hydrogen) atoms. The Balaban J connectivity index is 1.96. The van der Waals surface area contributed by atoms with Crippen LogP contribution in [0.3, 0.4) is 0 Å². The minimum Gasteiger partial charge on any atom is -0.438 e. The molecule has 1 aliphatic rings. The van der Waals surface area contributed by atoms with Gasteiger partial charge >= 0.3 is 0 Å². The second-order valence-corrected chi connectivity index (χ2v) is 6.07. The van der Waals surface area contributed by atoms with Crippen LogP contribution in [-0.4, -0.2) is 4.98 Å². The first-order chi connectivity index (χ1) is 9.76. The van der Waals surface area contributed by atoms with Crippen molar-refractivity contribution in [1.29, 1.82) is 5.26 Å². The average Bonchev–Trinajstić information content (AvgIpc) is 2.49. The molecule has 1 heterocycles. The summed E-state index contributed by atoms with van der Waals surface area (Å²) in [6.45, 7) is 0. The van der Waals surface area contributed by atoms with E-state index < -0.39 is 0 Å². The van der Waals surface area contributed by atoms with Crippen molar-refractivity contribution >= 4 is 22.6 Å². The van der Waals surface area contributed by atoms with E-state index in [-0.39, 0.29) is 0 Å². The van der Waals surface area contributed by atoms with Crippen molar-refractivity contribution in [3.05, 3.63) is 50.7 Å². The summed E-state index contributed by atoms with van der Waals surface area (Å²) in [5.74, 6) is 1.14. The van der Waals surface area contributed by atoms with E-state index in [1.807, 2.05) is 30.3 Å². The van der Waals surface area contributed by atoms with Gasteiger partial charge in [0.2, 0.25) is 5.88 Å². The minimum atomic E-state index is 0.425. The Bertz CT molecular complexity index is 674. The molecule has 0 saturated carbocycles. The monoisotopic (exact) mass is 376 g/mol. The van der Waals surface area contributed by atoms with Gasteiger partial charge in [-0.2, -0.15) is 5.26 Å². The van der Waals surface area contributed by atoms with E-state index in [9.17, 15) is 5.26 Å². The minimum absolute atomic E-state index is 0.425. The lowest BCUT2D eigenvalue weighted by Gasteiger charge is -2.16. The molecule has 3 rings (SSSR count). The van der Waals surface area contributed by atoms with Gasteiger partial charge in [-0.15, -0.1) is 0 Å². The Hall–Kier alpha value is -1.61. The van der Waals surface area contributed by atoms with Crippen molar-refractivity contribution in [3.8, 4) is 17.7 Å². The van der Waals surface area contributed by atoms with Crippen LogP contribution >= 0.6 is 22.6 Å². The molecule has 0 unspecified atom stereocenters. The number of nitriles is 1. The van der Waals surface area contributed by atoms with Crippen LogP contribution in [0.4, 0.5) is 0 Å². The van der Waals surface area contributed by atoms with Gasteiger partial charge in [0.05, 0.1) is 0 Å². The highest BCUT2D eigenvalue weighted by Crippen LogP contribution is 2.28. The van der Waals surface area contributed by atoms with Crippen LogP contribution in [0.15, 0.2) is 30.3 Å². The predicted octanol–water partition coefficient (Wildman–Crippen LogP) is 4.23. The lowest BCUT2D eigenvalue weighted by molar-refractivity contribution is 0.456. The summed E-state index contributed by atoms with van der Waals surface area (Å²) in [7, 11) is 0. The molecule has 0 bridgehead atoms. The number of pyridine rings is 1. The van der Waals surface area contributed by atoms with Crippen molar-refractivity contribution in [2.75, 3.05) is 0 Å². The van der Waals surface area contributed by atoms with E-state index in [4.69, 9.17) is 4.74 Å². The van der Waals surface area contributed by atoms with Gasteiger partial charge in [0.25, 0.3) is 0 Å². The number of aromatic nitrogens is 1. The molecule has 2 aromatic rings. The van der Waals surface area contributed by atoms with Gasteiger partial charge in [-0.3, -0.25) is 0 Å². The van der Waals surface area contributed by atoms with Gasteiger partial charge in [0.15, 0.2) is 0 Å². The van der Waals surface area contributed by atoms with Gasteiger partial charge in [0, 0.05) is 9.26 Å². The third-order valence-electron chi connectivity index (χ3n) is 3.41. The average molecular weight is 376 g/mol. The zero-order valence-corrected chi connectivity index (χ0v) is 13.1. The number of halogens is 1. The molecular weight excluding hydrogens is 363 g/mol. The maximum atomic E-state index is 9.27. The molecule has 1 aromatic heterocycles. The molecule has 1 aromatic carbocycles. The summed E-state index contributed by atoms with van der Waals surface area (Å²) < 4.78 is 6.93. The van der Waals surface area contributed by atoms with Crippen LogP contribution in [0.1, 0.15) is 29.7 Å². The van der Waals surface area contributed by atoms with Crippen LogP contribution in [0, 0.1) is 14.9 Å². The molecule has 0 N–H and O–H groups in total. The zero-order valence-electron chi connectivity index (χ0n) is 10.9. The quantitative estimate of drug-likeness (QED) is 0.737. The molecule has 0 radical (unpaired) electrons. The van der Waals surface area contributed by atoms with Crippen LogP contribution in [0.2, 0.25) is 0 Å². The summed E-state index contributed by atoms with van der Waals surface area (Å²) in [4.78, 5) is 4.56. The van der Waals surface area contributed by atoms with E-state index >= 15 is 0 Å². The van der Waals surface area contributed by atoms with Crippen molar-refractivity contribution in [3.63, 3.8) is 0 Å². The number of hydrogen-bond acceptors (Lipinski definition) is 3. The van der Waals surface area contributed by atoms with E-state index in [0.29, 0.717) is 17.2 Å². The molecule has 0 atom stereocenters. The van der Waals surface area contributed by atoms with E-state index in [1.54, 1.807) is 0 Å². The molecule has 0 fully saturated rings. The zero-order chi connectivity index (χ0) is 13.9. The number of fused-ring (bicyclic) bond motifs is 1. The largest absolute Gasteiger partial charge is 0.438 e. The maximum Gasteiger partial charge on any atom is 0.237 e. The topological polar surface area (TPSA) is 45.9 Å². The van der Waals surface area contributed by atoms with Gasteiger partial charge in [-0.1, -0.05) is 0 Å². The van der Waals surface area contributed by atoms with Crippen molar-refractivity contribution in [2.45, 2.75) is 25.7 Å². The van der Waals surface area contributed by atoms with Crippen LogP contribution in [0.25, 0.3) is 0 Å². The number of ether oxygens (including phenoxy) is 1. The van der Waals surface area contributed by atoms with Gasteiger partial charge in [-0.05, 0) is 84.2 Å². The lowest BCUT2D eigenvalue weighted by atomic mass is 9.95. The summed E-state index contributed by atoms with van der Waals surface area (Å²) in [6.07, 6.45) is 4.33. The van der Waals surface area contributed by atoms with Gasteiger partial charge in [0.1, 0.15) is 17.4 Å². The van der Waals surface area contributed by atoms with Crippen LogP contribution in [-0.2, 0) is 12.8 Å². The number of hydrogen-bond donors (Lipinski definition) is 0. The highest BCUT2D eigenvalue weighted by molar-refractivity contribution is 14.1. The fourth-order valence-electron chi connectivity index (χ4n) is 2.39. The Morgan fingerprint density at radius 3 is 2.65 bits per heavy atom. The maximum absolute atomic E-state index is 9.27. The number of aryl methyl sites for hydroxylation is 2. The fourth-order valence-corrected chi connectivity index (χ4v) is 2.75. The molecule has 0 spiro atoms. The van der Waals surface area contributed by atoms with Gasteiger partial charge < -0.3 is 4.74 Å². The van der Waals surface area contributed by atoms with Crippen LogP contribution in [0.5, 0.6) is 11.6 Å². The summed E-state index contributed by atoms with van der Waals surface area (Å²) in [5, 5.41) is 9.27. The summed E-state index contributed by atoms with van der Waals surface area (Å²) in [5.41, 5.74) is 2.79. The summed E-state index contributed by atoms with van der Waals surface area (Å²) >= 11 is 2.25. The second kappa shape index (κ2) is 5.80. The van der Waals surface area contributed by atoms with E-state index in [2.05, 4.69) is 33.6 Å². The molecule has 100 valence electrons. The van der Waals surface area contributed by atoms with E-state index in [0.717, 1.165) is 28.5 Å². The molecule has 0 amide bonds. The molecule has 0 saturated heterocycles. The normalized spacial score (nSPS) is 13.4. The Morgan fingerprint density at radius 2 is 1.90 bits per heavy atom. The number of benzene rings is 1. The van der Waals surface area contributed by atoms with Crippen molar-refractivity contribution in [2.24, 2.45) is 0 Å². The Labute approximate surface area is 131 Å². The lowest BCUT2D eigenvalue weighted by Crippen LogP contribution is -2.07.